The fourth-order valence-electron chi connectivity index (χ4n) is 2.33. The van der Waals surface area contributed by atoms with E-state index in [0.717, 1.165) is 38.0 Å². The molecule has 2 rings (SSSR count). The van der Waals surface area contributed by atoms with Gasteiger partial charge in [-0.3, -0.25) is 9.88 Å². The van der Waals surface area contributed by atoms with Crippen LogP contribution in [0.1, 0.15) is 24.1 Å². The highest BCUT2D eigenvalue weighted by molar-refractivity contribution is 5.95. The summed E-state index contributed by atoms with van der Waals surface area (Å²) in [6.07, 6.45) is 4.20. The molecule has 0 unspecified atom stereocenters. The summed E-state index contributed by atoms with van der Waals surface area (Å²) < 4.78 is 5.36. The molecule has 0 atom stereocenters. The summed E-state index contributed by atoms with van der Waals surface area (Å²) in [6, 6.07) is 3.81. The van der Waals surface area contributed by atoms with Crippen LogP contribution in [0.25, 0.3) is 0 Å². The van der Waals surface area contributed by atoms with Crippen LogP contribution < -0.4 is 5.73 Å². The molecule has 0 radical (unpaired) electrons. The highest BCUT2D eigenvalue weighted by Gasteiger charge is 2.18. The number of rotatable bonds is 4. The van der Waals surface area contributed by atoms with Crippen LogP contribution in [0.2, 0.25) is 0 Å². The highest BCUT2D eigenvalue weighted by atomic mass is 16.5. The minimum absolute atomic E-state index is 0.0416. The van der Waals surface area contributed by atoms with Crippen molar-refractivity contribution < 1.29 is 9.94 Å². The van der Waals surface area contributed by atoms with Crippen molar-refractivity contribution in [2.75, 3.05) is 20.2 Å². The van der Waals surface area contributed by atoms with Gasteiger partial charge in [-0.05, 0) is 30.5 Å². The molecule has 0 amide bonds. The van der Waals surface area contributed by atoms with Crippen molar-refractivity contribution in [3.05, 3.63) is 29.6 Å². The second-order valence-corrected chi connectivity index (χ2v) is 4.75. The van der Waals surface area contributed by atoms with Gasteiger partial charge in [-0.15, -0.1) is 0 Å². The summed E-state index contributed by atoms with van der Waals surface area (Å²) in [5.41, 5.74) is 7.16. The van der Waals surface area contributed by atoms with E-state index in [-0.39, 0.29) is 5.84 Å². The zero-order valence-corrected chi connectivity index (χ0v) is 11.1. The van der Waals surface area contributed by atoms with Gasteiger partial charge in [-0.2, -0.15) is 0 Å². The van der Waals surface area contributed by atoms with Gasteiger partial charge in [0.2, 0.25) is 0 Å². The number of nitrogens with zero attached hydrogens (tertiary/aromatic N) is 3. The molecule has 6 nitrogen and oxygen atoms in total. The van der Waals surface area contributed by atoms with Crippen LogP contribution in [0.5, 0.6) is 0 Å². The Morgan fingerprint density at radius 1 is 1.58 bits per heavy atom. The zero-order chi connectivity index (χ0) is 13.7. The number of ether oxygens (including phenoxy) is 1. The maximum absolute atomic E-state index is 8.66. The van der Waals surface area contributed by atoms with Gasteiger partial charge < -0.3 is 15.7 Å². The monoisotopic (exact) mass is 264 g/mol. The molecule has 0 spiro atoms. The summed E-state index contributed by atoms with van der Waals surface area (Å²) in [7, 11) is 1.77. The van der Waals surface area contributed by atoms with Gasteiger partial charge in [0, 0.05) is 32.9 Å². The van der Waals surface area contributed by atoms with E-state index in [2.05, 4.69) is 15.0 Å². The lowest BCUT2D eigenvalue weighted by Gasteiger charge is -2.31. The molecule has 0 aromatic carbocycles. The Kier molecular flexibility index (Phi) is 4.70. The highest BCUT2D eigenvalue weighted by Crippen LogP contribution is 2.15. The van der Waals surface area contributed by atoms with Crippen molar-refractivity contribution in [1.29, 1.82) is 0 Å². The number of nitrogens with two attached hydrogens (primary N) is 1. The van der Waals surface area contributed by atoms with Crippen molar-refractivity contribution in [2.24, 2.45) is 10.9 Å². The van der Waals surface area contributed by atoms with E-state index in [4.69, 9.17) is 15.7 Å². The first-order valence-corrected chi connectivity index (χ1v) is 6.41. The summed E-state index contributed by atoms with van der Waals surface area (Å²) >= 11 is 0. The molecular formula is C13H20N4O2. The molecule has 2 heterocycles. The quantitative estimate of drug-likeness (QED) is 0.363. The normalized spacial score (nSPS) is 18.7. The van der Waals surface area contributed by atoms with Crippen LogP contribution in [-0.2, 0) is 11.3 Å². The number of methoxy groups -OCH3 is 1. The molecule has 1 aromatic heterocycles. The SMILES string of the molecule is COC1CCN(Cc2ccnc(C(N)=NO)c2)CC1. The van der Waals surface area contributed by atoms with E-state index in [9.17, 15) is 0 Å². The Morgan fingerprint density at radius 2 is 2.32 bits per heavy atom. The maximum Gasteiger partial charge on any atom is 0.188 e. The Bertz CT molecular complexity index is 442. The van der Waals surface area contributed by atoms with Crippen molar-refractivity contribution in [2.45, 2.75) is 25.5 Å². The lowest BCUT2D eigenvalue weighted by atomic mass is 10.1. The molecule has 1 saturated heterocycles. The zero-order valence-electron chi connectivity index (χ0n) is 11.1. The van der Waals surface area contributed by atoms with Crippen molar-refractivity contribution >= 4 is 5.84 Å². The van der Waals surface area contributed by atoms with E-state index in [1.54, 1.807) is 13.3 Å². The van der Waals surface area contributed by atoms with Crippen LogP contribution in [0.15, 0.2) is 23.5 Å². The average molecular weight is 264 g/mol. The summed E-state index contributed by atoms with van der Waals surface area (Å²) in [5, 5.41) is 11.6. The number of aromatic nitrogens is 1. The van der Waals surface area contributed by atoms with Gasteiger partial charge in [0.05, 0.1) is 6.10 Å². The predicted octanol–water partition coefficient (Wildman–Crippen LogP) is 0.787. The molecule has 104 valence electrons. The number of likely N-dealkylation sites (tertiary alicyclic amines) is 1. The van der Waals surface area contributed by atoms with Crippen LogP contribution in [0, 0.1) is 0 Å². The van der Waals surface area contributed by atoms with E-state index < -0.39 is 0 Å². The van der Waals surface area contributed by atoms with Crippen LogP contribution in [0.4, 0.5) is 0 Å². The number of pyridine rings is 1. The largest absolute Gasteiger partial charge is 0.409 e. The topological polar surface area (TPSA) is 84.0 Å². The first-order chi connectivity index (χ1) is 9.22. The second-order valence-electron chi connectivity index (χ2n) is 4.75. The standard InChI is InChI=1S/C13H20N4O2/c1-19-11-3-6-17(7-4-11)9-10-2-5-15-12(8-10)13(14)16-18/h2,5,8,11,18H,3-4,6-7,9H2,1H3,(H2,14,16). The van der Waals surface area contributed by atoms with E-state index >= 15 is 0 Å². The lowest BCUT2D eigenvalue weighted by Crippen LogP contribution is -2.36. The molecule has 0 saturated carbocycles. The molecule has 6 heteroatoms. The first-order valence-electron chi connectivity index (χ1n) is 6.41. The van der Waals surface area contributed by atoms with Crippen molar-refractivity contribution in [1.82, 2.24) is 9.88 Å². The summed E-state index contributed by atoms with van der Waals surface area (Å²) in [6.45, 7) is 2.91. The van der Waals surface area contributed by atoms with E-state index in [1.807, 2.05) is 12.1 Å². The molecule has 1 aromatic rings. The van der Waals surface area contributed by atoms with Gasteiger partial charge in [-0.1, -0.05) is 5.16 Å². The number of piperidine rings is 1. The lowest BCUT2D eigenvalue weighted by molar-refractivity contribution is 0.0388. The molecule has 19 heavy (non-hydrogen) atoms. The van der Waals surface area contributed by atoms with Gasteiger partial charge in [0.1, 0.15) is 5.69 Å². The fourth-order valence-corrected chi connectivity index (χ4v) is 2.33. The van der Waals surface area contributed by atoms with Gasteiger partial charge in [-0.25, -0.2) is 0 Å². The van der Waals surface area contributed by atoms with Crippen LogP contribution >= 0.6 is 0 Å². The average Bonchev–Trinajstić information content (AvgIpc) is 2.47. The maximum atomic E-state index is 8.66. The van der Waals surface area contributed by atoms with E-state index in [0.29, 0.717) is 11.8 Å². The van der Waals surface area contributed by atoms with Gasteiger partial charge >= 0.3 is 0 Å². The number of oxime groups is 1. The van der Waals surface area contributed by atoms with Gasteiger partial charge in [0.15, 0.2) is 5.84 Å². The Hall–Kier alpha value is -1.66. The number of amidine groups is 1. The molecule has 0 bridgehead atoms. The molecule has 3 N–H and O–H groups in total. The van der Waals surface area contributed by atoms with Gasteiger partial charge in [0.25, 0.3) is 0 Å². The second kappa shape index (κ2) is 6.49. The Morgan fingerprint density at radius 3 is 2.95 bits per heavy atom. The minimum atomic E-state index is 0.0416. The minimum Gasteiger partial charge on any atom is -0.409 e. The molecule has 1 aliphatic rings. The van der Waals surface area contributed by atoms with E-state index in [1.165, 1.54) is 0 Å². The van der Waals surface area contributed by atoms with Crippen LogP contribution in [0.3, 0.4) is 0 Å². The summed E-state index contributed by atoms with van der Waals surface area (Å²) in [5.74, 6) is 0.0416. The third-order valence-electron chi connectivity index (χ3n) is 3.47. The number of hydrogen-bond acceptors (Lipinski definition) is 5. The Balaban J connectivity index is 1.96. The third kappa shape index (κ3) is 3.65. The Labute approximate surface area is 112 Å². The van der Waals surface area contributed by atoms with Crippen LogP contribution in [-0.4, -0.2) is 47.2 Å². The fraction of sp³-hybridized carbons (Fsp3) is 0.538. The molecule has 0 aliphatic carbocycles. The van der Waals surface area contributed by atoms with Crippen molar-refractivity contribution in [3.63, 3.8) is 0 Å². The number of hydrogen-bond donors (Lipinski definition) is 2. The molecule has 1 fully saturated rings. The molecule has 1 aliphatic heterocycles. The predicted molar refractivity (Wildman–Crippen MR) is 72.1 cm³/mol. The smallest absolute Gasteiger partial charge is 0.188 e. The summed E-state index contributed by atoms with van der Waals surface area (Å²) in [4.78, 5) is 6.45. The first kappa shape index (κ1) is 13.8. The third-order valence-corrected chi connectivity index (χ3v) is 3.47. The molecular weight excluding hydrogens is 244 g/mol. The van der Waals surface area contributed by atoms with Crippen molar-refractivity contribution in [3.8, 4) is 0 Å².